The molecule has 6 heteroatoms. The van der Waals surface area contributed by atoms with Crippen molar-refractivity contribution < 1.29 is 14.7 Å². The molecule has 0 spiro atoms. The van der Waals surface area contributed by atoms with Gasteiger partial charge >= 0.3 is 5.97 Å². The average Bonchev–Trinajstić information content (AvgIpc) is 2.44. The van der Waals surface area contributed by atoms with Crippen molar-refractivity contribution >= 4 is 23.6 Å². The first kappa shape index (κ1) is 16.5. The molecule has 1 amide bonds. The number of carboxylic acids is 1. The highest BCUT2D eigenvalue weighted by Gasteiger charge is 2.22. The van der Waals surface area contributed by atoms with Gasteiger partial charge in [0.25, 0.3) is 0 Å². The van der Waals surface area contributed by atoms with E-state index in [9.17, 15) is 9.59 Å². The number of hydrogen-bond acceptors (Lipinski definition) is 4. The Bertz CT molecular complexity index is 439. The number of aliphatic carboxylic acids is 1. The Morgan fingerprint density at radius 3 is 2.45 bits per heavy atom. The molecule has 5 nitrogen and oxygen atoms in total. The largest absolute Gasteiger partial charge is 0.481 e. The molecular weight excluding hydrogens is 276 g/mol. The quantitative estimate of drug-likeness (QED) is 0.796. The van der Waals surface area contributed by atoms with Crippen molar-refractivity contribution in [2.24, 2.45) is 0 Å². The maximum absolute atomic E-state index is 12.2. The van der Waals surface area contributed by atoms with Gasteiger partial charge in [-0.25, -0.2) is 0 Å². The number of nitrogens with zero attached hydrogens (tertiary/aromatic N) is 2. The van der Waals surface area contributed by atoms with Crippen LogP contribution in [0.1, 0.15) is 31.9 Å². The van der Waals surface area contributed by atoms with Crippen molar-refractivity contribution in [1.82, 2.24) is 9.88 Å². The SMILES string of the molecule is CCC(c1ccncc1)N(CC)C(=O)CSCC(=O)O. The Balaban J connectivity index is 2.71. The summed E-state index contributed by atoms with van der Waals surface area (Å²) in [5, 5.41) is 8.60. The van der Waals surface area contributed by atoms with E-state index >= 15 is 0 Å². The lowest BCUT2D eigenvalue weighted by Crippen LogP contribution is -2.36. The van der Waals surface area contributed by atoms with E-state index in [1.807, 2.05) is 26.0 Å². The second-order valence-corrected chi connectivity index (χ2v) is 5.26. The minimum absolute atomic E-state index is 0.0147. The summed E-state index contributed by atoms with van der Waals surface area (Å²) in [6, 6.07) is 3.84. The lowest BCUT2D eigenvalue weighted by molar-refractivity contribution is -0.133. The normalized spacial score (nSPS) is 11.9. The van der Waals surface area contributed by atoms with E-state index < -0.39 is 5.97 Å². The van der Waals surface area contributed by atoms with Gasteiger partial charge in [-0.15, -0.1) is 11.8 Å². The van der Waals surface area contributed by atoms with E-state index in [2.05, 4.69) is 4.98 Å². The van der Waals surface area contributed by atoms with Crippen LogP contribution in [0.2, 0.25) is 0 Å². The van der Waals surface area contributed by atoms with Crippen LogP contribution in [0.3, 0.4) is 0 Å². The molecule has 0 fully saturated rings. The highest BCUT2D eigenvalue weighted by molar-refractivity contribution is 8.00. The Labute approximate surface area is 123 Å². The maximum Gasteiger partial charge on any atom is 0.313 e. The number of rotatable bonds is 8. The van der Waals surface area contributed by atoms with Gasteiger partial charge in [0, 0.05) is 18.9 Å². The van der Waals surface area contributed by atoms with Crippen molar-refractivity contribution in [3.63, 3.8) is 0 Å². The van der Waals surface area contributed by atoms with Gasteiger partial charge in [0.2, 0.25) is 5.91 Å². The molecule has 0 saturated carbocycles. The van der Waals surface area contributed by atoms with E-state index in [1.165, 1.54) is 0 Å². The fourth-order valence-corrected chi connectivity index (χ4v) is 2.72. The zero-order valence-corrected chi connectivity index (χ0v) is 12.6. The minimum Gasteiger partial charge on any atom is -0.481 e. The first-order valence-corrected chi connectivity index (χ1v) is 7.74. The smallest absolute Gasteiger partial charge is 0.313 e. The standard InChI is InChI=1S/C14H20N2O3S/c1-3-12(11-5-7-15-8-6-11)16(4-2)13(17)9-20-10-14(18)19/h5-8,12H,3-4,9-10H2,1-2H3,(H,18,19). The third kappa shape index (κ3) is 4.85. The Morgan fingerprint density at radius 1 is 1.30 bits per heavy atom. The minimum atomic E-state index is -0.896. The molecule has 0 aliphatic carbocycles. The zero-order valence-electron chi connectivity index (χ0n) is 11.8. The van der Waals surface area contributed by atoms with Crippen LogP contribution >= 0.6 is 11.8 Å². The number of amides is 1. The summed E-state index contributed by atoms with van der Waals surface area (Å²) in [5.74, 6) is -0.772. The van der Waals surface area contributed by atoms with E-state index in [1.54, 1.807) is 17.3 Å². The predicted octanol–water partition coefficient (Wildman–Crippen LogP) is 2.20. The lowest BCUT2D eigenvalue weighted by Gasteiger charge is -2.30. The summed E-state index contributed by atoms with van der Waals surface area (Å²) in [6.45, 7) is 4.57. The van der Waals surface area contributed by atoms with Crippen molar-refractivity contribution in [1.29, 1.82) is 0 Å². The summed E-state index contributed by atoms with van der Waals surface area (Å²) in [4.78, 5) is 28.5. The first-order chi connectivity index (χ1) is 9.60. The van der Waals surface area contributed by atoms with Crippen LogP contribution in [0.4, 0.5) is 0 Å². The summed E-state index contributed by atoms with van der Waals surface area (Å²) >= 11 is 1.13. The van der Waals surface area contributed by atoms with Crippen molar-refractivity contribution in [2.45, 2.75) is 26.3 Å². The summed E-state index contributed by atoms with van der Waals surface area (Å²) in [7, 11) is 0. The molecular formula is C14H20N2O3S. The number of carbonyl (C=O) groups excluding carboxylic acids is 1. The van der Waals surface area contributed by atoms with Gasteiger partial charge < -0.3 is 10.0 Å². The fraction of sp³-hybridized carbons (Fsp3) is 0.500. The van der Waals surface area contributed by atoms with Crippen molar-refractivity contribution in [2.75, 3.05) is 18.1 Å². The van der Waals surface area contributed by atoms with Gasteiger partial charge in [-0.3, -0.25) is 14.6 Å². The lowest BCUT2D eigenvalue weighted by atomic mass is 10.0. The predicted molar refractivity (Wildman–Crippen MR) is 79.6 cm³/mol. The molecule has 0 saturated heterocycles. The second-order valence-electron chi connectivity index (χ2n) is 4.27. The number of carboxylic acid groups (broad SMARTS) is 1. The molecule has 1 heterocycles. The van der Waals surface area contributed by atoms with Crippen LogP contribution in [0, 0.1) is 0 Å². The molecule has 0 radical (unpaired) electrons. The van der Waals surface area contributed by atoms with Crippen LogP contribution in [0.5, 0.6) is 0 Å². The molecule has 20 heavy (non-hydrogen) atoms. The van der Waals surface area contributed by atoms with E-state index in [4.69, 9.17) is 5.11 Å². The molecule has 0 aliphatic heterocycles. The van der Waals surface area contributed by atoms with Crippen LogP contribution in [-0.2, 0) is 9.59 Å². The third-order valence-electron chi connectivity index (χ3n) is 2.97. The van der Waals surface area contributed by atoms with E-state index in [0.29, 0.717) is 6.54 Å². The molecule has 1 aromatic heterocycles. The van der Waals surface area contributed by atoms with Crippen LogP contribution in [0.25, 0.3) is 0 Å². The van der Waals surface area contributed by atoms with Gasteiger partial charge in [-0.2, -0.15) is 0 Å². The molecule has 110 valence electrons. The molecule has 0 aliphatic rings. The van der Waals surface area contributed by atoms with E-state index in [-0.39, 0.29) is 23.5 Å². The van der Waals surface area contributed by atoms with Gasteiger partial charge in [-0.1, -0.05) is 6.92 Å². The monoisotopic (exact) mass is 296 g/mol. The highest BCUT2D eigenvalue weighted by atomic mass is 32.2. The second kappa shape index (κ2) is 8.58. The number of aromatic nitrogens is 1. The maximum atomic E-state index is 12.2. The number of thioether (sulfide) groups is 1. The Morgan fingerprint density at radius 2 is 1.95 bits per heavy atom. The summed E-state index contributed by atoms with van der Waals surface area (Å²) in [5.41, 5.74) is 1.06. The number of hydrogen-bond donors (Lipinski definition) is 1. The van der Waals surface area contributed by atoms with Gasteiger partial charge in [0.05, 0.1) is 17.5 Å². The summed E-state index contributed by atoms with van der Waals surface area (Å²) < 4.78 is 0. The van der Waals surface area contributed by atoms with Crippen LogP contribution in [-0.4, -0.2) is 44.9 Å². The van der Waals surface area contributed by atoms with Gasteiger partial charge in [-0.05, 0) is 31.0 Å². The van der Waals surface area contributed by atoms with Crippen LogP contribution < -0.4 is 0 Å². The number of carbonyl (C=O) groups is 2. The van der Waals surface area contributed by atoms with E-state index in [0.717, 1.165) is 23.7 Å². The average molecular weight is 296 g/mol. The fourth-order valence-electron chi connectivity index (χ4n) is 2.10. The van der Waals surface area contributed by atoms with Crippen molar-refractivity contribution in [3.8, 4) is 0 Å². The molecule has 0 aromatic carbocycles. The number of pyridine rings is 1. The Kier molecular flexibility index (Phi) is 7.08. The van der Waals surface area contributed by atoms with Crippen LogP contribution in [0.15, 0.2) is 24.5 Å². The molecule has 1 rings (SSSR count). The Hall–Kier alpha value is -1.56. The zero-order chi connectivity index (χ0) is 15.0. The summed E-state index contributed by atoms with van der Waals surface area (Å²) in [6.07, 6.45) is 4.25. The highest BCUT2D eigenvalue weighted by Crippen LogP contribution is 2.24. The van der Waals surface area contributed by atoms with Gasteiger partial charge in [0.1, 0.15) is 0 Å². The third-order valence-corrected chi connectivity index (χ3v) is 3.87. The first-order valence-electron chi connectivity index (χ1n) is 6.59. The molecule has 1 atom stereocenters. The van der Waals surface area contributed by atoms with Crippen molar-refractivity contribution in [3.05, 3.63) is 30.1 Å². The topological polar surface area (TPSA) is 70.5 Å². The molecule has 1 N–H and O–H groups in total. The molecule has 1 unspecified atom stereocenters. The molecule has 0 bridgehead atoms. The van der Waals surface area contributed by atoms with Gasteiger partial charge in [0.15, 0.2) is 0 Å². The molecule has 1 aromatic rings.